The molecule has 0 aromatic carbocycles. The van der Waals surface area contributed by atoms with E-state index in [9.17, 15) is 5.26 Å². The van der Waals surface area contributed by atoms with E-state index in [1.165, 1.54) is 57.8 Å². The van der Waals surface area contributed by atoms with E-state index in [1.54, 1.807) is 0 Å². The Morgan fingerprint density at radius 1 is 0.889 bits per heavy atom. The van der Waals surface area contributed by atoms with E-state index in [2.05, 4.69) is 11.4 Å². The number of rotatable bonds is 3. The topological polar surface area (TPSA) is 35.8 Å². The van der Waals surface area contributed by atoms with Crippen molar-refractivity contribution in [3.05, 3.63) is 0 Å². The molecular formula is C16H26N2. The molecule has 3 fully saturated rings. The largest absolute Gasteiger partial charge is 0.297 e. The first-order valence-corrected chi connectivity index (χ1v) is 8.00. The average Bonchev–Trinajstić information content (AvgIpc) is 3.24. The lowest BCUT2D eigenvalue weighted by Gasteiger charge is -2.40. The summed E-state index contributed by atoms with van der Waals surface area (Å²) in [5, 5.41) is 13.5. The highest BCUT2D eigenvalue weighted by atomic mass is 15.0. The van der Waals surface area contributed by atoms with Crippen LogP contribution in [0.2, 0.25) is 0 Å². The van der Waals surface area contributed by atoms with Crippen molar-refractivity contribution in [1.29, 1.82) is 5.26 Å². The Kier molecular flexibility index (Phi) is 3.61. The van der Waals surface area contributed by atoms with Gasteiger partial charge in [0, 0.05) is 6.04 Å². The molecule has 0 aromatic rings. The Morgan fingerprint density at radius 2 is 1.67 bits per heavy atom. The number of nitrogens with one attached hydrogen (secondary N) is 1. The van der Waals surface area contributed by atoms with Gasteiger partial charge >= 0.3 is 0 Å². The highest BCUT2D eigenvalue weighted by Crippen LogP contribution is 2.46. The van der Waals surface area contributed by atoms with Crippen LogP contribution in [0.15, 0.2) is 0 Å². The Bertz CT molecular complexity index is 322. The molecule has 1 N–H and O–H groups in total. The highest BCUT2D eigenvalue weighted by molar-refractivity contribution is 5.12. The van der Waals surface area contributed by atoms with Gasteiger partial charge in [0.05, 0.1) is 6.07 Å². The van der Waals surface area contributed by atoms with Crippen LogP contribution in [-0.2, 0) is 0 Å². The molecule has 0 aromatic heterocycles. The molecule has 2 unspecified atom stereocenters. The van der Waals surface area contributed by atoms with E-state index >= 15 is 0 Å². The molecule has 0 bridgehead atoms. The zero-order valence-corrected chi connectivity index (χ0v) is 11.5. The van der Waals surface area contributed by atoms with Crippen LogP contribution in [0.25, 0.3) is 0 Å². The lowest BCUT2D eigenvalue weighted by atomic mass is 9.73. The van der Waals surface area contributed by atoms with Crippen LogP contribution in [0.1, 0.15) is 70.6 Å². The lowest BCUT2D eigenvalue weighted by Crippen LogP contribution is -2.52. The van der Waals surface area contributed by atoms with Gasteiger partial charge < -0.3 is 0 Å². The quantitative estimate of drug-likeness (QED) is 0.822. The molecule has 3 aliphatic rings. The molecule has 2 atom stereocenters. The van der Waals surface area contributed by atoms with Crippen molar-refractivity contribution in [2.45, 2.75) is 82.2 Å². The normalized spacial score (nSPS) is 38.3. The first-order chi connectivity index (χ1) is 8.81. The van der Waals surface area contributed by atoms with E-state index in [0.29, 0.717) is 6.04 Å². The maximum atomic E-state index is 9.68. The van der Waals surface area contributed by atoms with Crippen molar-refractivity contribution in [1.82, 2.24) is 5.32 Å². The molecule has 0 saturated heterocycles. The Morgan fingerprint density at radius 3 is 2.33 bits per heavy atom. The molecule has 3 rings (SSSR count). The van der Waals surface area contributed by atoms with Gasteiger partial charge in [0.15, 0.2) is 0 Å². The fourth-order valence-electron chi connectivity index (χ4n) is 4.19. The molecule has 2 heteroatoms. The smallest absolute Gasteiger partial charge is 0.107 e. The molecule has 100 valence electrons. The standard InChI is InChI=1S/C16H26N2/c17-12-16(18-15-6-2-1-3-7-15)10-4-5-14(11-16)13-8-9-13/h13-15,18H,1-11H2. The molecule has 0 aliphatic heterocycles. The van der Waals surface area contributed by atoms with Crippen molar-refractivity contribution in [2.75, 3.05) is 0 Å². The summed E-state index contributed by atoms with van der Waals surface area (Å²) >= 11 is 0. The summed E-state index contributed by atoms with van der Waals surface area (Å²) in [6.45, 7) is 0. The third kappa shape index (κ3) is 2.72. The van der Waals surface area contributed by atoms with Crippen LogP contribution in [0, 0.1) is 23.2 Å². The van der Waals surface area contributed by atoms with Gasteiger partial charge in [-0.1, -0.05) is 25.7 Å². The van der Waals surface area contributed by atoms with Gasteiger partial charge in [-0.05, 0) is 56.8 Å². The maximum Gasteiger partial charge on any atom is 0.107 e. The van der Waals surface area contributed by atoms with Crippen LogP contribution in [0.4, 0.5) is 0 Å². The number of hydrogen-bond acceptors (Lipinski definition) is 2. The molecule has 2 nitrogen and oxygen atoms in total. The molecule has 0 amide bonds. The summed E-state index contributed by atoms with van der Waals surface area (Å²) in [5.74, 6) is 1.81. The van der Waals surface area contributed by atoms with Gasteiger partial charge in [-0.15, -0.1) is 0 Å². The monoisotopic (exact) mass is 246 g/mol. The second-order valence-corrected chi connectivity index (χ2v) is 6.87. The second kappa shape index (κ2) is 5.21. The predicted molar refractivity (Wildman–Crippen MR) is 73.0 cm³/mol. The lowest BCUT2D eigenvalue weighted by molar-refractivity contribution is 0.182. The minimum absolute atomic E-state index is 0.173. The summed E-state index contributed by atoms with van der Waals surface area (Å²) < 4.78 is 0. The SMILES string of the molecule is N#CC1(NC2CCCCC2)CCCC(C2CC2)C1. The first-order valence-electron chi connectivity index (χ1n) is 8.00. The minimum atomic E-state index is -0.173. The second-order valence-electron chi connectivity index (χ2n) is 6.87. The van der Waals surface area contributed by atoms with Crippen molar-refractivity contribution in [3.63, 3.8) is 0 Å². The van der Waals surface area contributed by atoms with Crippen molar-refractivity contribution in [2.24, 2.45) is 11.8 Å². The molecule has 0 heterocycles. The van der Waals surface area contributed by atoms with E-state index in [-0.39, 0.29) is 5.54 Å². The minimum Gasteiger partial charge on any atom is -0.297 e. The fourth-order valence-corrected chi connectivity index (χ4v) is 4.19. The maximum absolute atomic E-state index is 9.68. The van der Waals surface area contributed by atoms with Gasteiger partial charge in [0.25, 0.3) is 0 Å². The van der Waals surface area contributed by atoms with Crippen LogP contribution in [0.5, 0.6) is 0 Å². The summed E-state index contributed by atoms with van der Waals surface area (Å²) in [6.07, 6.45) is 14.4. The Balaban J connectivity index is 1.62. The van der Waals surface area contributed by atoms with Gasteiger partial charge in [-0.25, -0.2) is 0 Å². The molecule has 0 spiro atoms. The number of nitrogens with zero attached hydrogens (tertiary/aromatic N) is 1. The van der Waals surface area contributed by atoms with Gasteiger partial charge in [-0.2, -0.15) is 5.26 Å². The summed E-state index contributed by atoms with van der Waals surface area (Å²) in [4.78, 5) is 0. The first kappa shape index (κ1) is 12.5. The van der Waals surface area contributed by atoms with Crippen LogP contribution < -0.4 is 5.32 Å². The van der Waals surface area contributed by atoms with E-state index in [0.717, 1.165) is 24.7 Å². The third-order valence-corrected chi connectivity index (χ3v) is 5.38. The average molecular weight is 246 g/mol. The van der Waals surface area contributed by atoms with E-state index in [4.69, 9.17) is 0 Å². The molecule has 3 aliphatic carbocycles. The highest BCUT2D eigenvalue weighted by Gasteiger charge is 2.43. The summed E-state index contributed by atoms with van der Waals surface area (Å²) in [5.41, 5.74) is -0.173. The van der Waals surface area contributed by atoms with Crippen molar-refractivity contribution >= 4 is 0 Å². The molecular weight excluding hydrogens is 220 g/mol. The summed E-state index contributed by atoms with van der Waals surface area (Å²) in [6, 6.07) is 3.29. The predicted octanol–water partition coefficient (Wildman–Crippen LogP) is 3.77. The van der Waals surface area contributed by atoms with Crippen LogP contribution >= 0.6 is 0 Å². The zero-order chi connectivity index (χ0) is 12.4. The number of hydrogen-bond donors (Lipinski definition) is 1. The molecule has 3 saturated carbocycles. The van der Waals surface area contributed by atoms with Gasteiger partial charge in [0.2, 0.25) is 0 Å². The number of nitriles is 1. The Hall–Kier alpha value is -0.550. The Labute approximate surface area is 111 Å². The van der Waals surface area contributed by atoms with E-state index < -0.39 is 0 Å². The van der Waals surface area contributed by atoms with Crippen LogP contribution in [-0.4, -0.2) is 11.6 Å². The van der Waals surface area contributed by atoms with Gasteiger partial charge in [-0.3, -0.25) is 5.32 Å². The van der Waals surface area contributed by atoms with Crippen molar-refractivity contribution in [3.8, 4) is 6.07 Å². The molecule has 18 heavy (non-hydrogen) atoms. The summed E-state index contributed by atoms with van der Waals surface area (Å²) in [7, 11) is 0. The van der Waals surface area contributed by atoms with Crippen molar-refractivity contribution < 1.29 is 0 Å². The fraction of sp³-hybridized carbons (Fsp3) is 0.938. The molecule has 0 radical (unpaired) electrons. The van der Waals surface area contributed by atoms with Crippen LogP contribution in [0.3, 0.4) is 0 Å². The van der Waals surface area contributed by atoms with E-state index in [1.807, 2.05) is 0 Å². The zero-order valence-electron chi connectivity index (χ0n) is 11.5. The third-order valence-electron chi connectivity index (χ3n) is 5.38. The van der Waals surface area contributed by atoms with Gasteiger partial charge in [0.1, 0.15) is 5.54 Å².